The first kappa shape index (κ1) is 18.7. The number of esters is 1. The number of carbonyl (C=O) groups excluding carboxylic acids is 2. The van der Waals surface area contributed by atoms with Gasteiger partial charge in [0.1, 0.15) is 5.82 Å². The number of imidazole rings is 1. The van der Waals surface area contributed by atoms with Crippen LogP contribution in [0.5, 0.6) is 0 Å². The summed E-state index contributed by atoms with van der Waals surface area (Å²) in [5.74, 6) is -0.00907. The third kappa shape index (κ3) is 3.97. The van der Waals surface area contributed by atoms with Crippen molar-refractivity contribution in [2.45, 2.75) is 0 Å². The number of aromatic nitrogens is 2. The molecule has 0 aliphatic rings. The number of carbonyl (C=O) groups is 2. The molecule has 29 heavy (non-hydrogen) atoms. The average molecular weight is 406 g/mol. The maximum atomic E-state index is 12.5. The molecule has 0 saturated heterocycles. The first-order valence-corrected chi connectivity index (χ1v) is 9.17. The number of nitrogens with one attached hydrogen (secondary N) is 2. The number of benzene rings is 3. The van der Waals surface area contributed by atoms with E-state index >= 15 is 0 Å². The number of anilines is 1. The monoisotopic (exact) mass is 405 g/mol. The highest BCUT2D eigenvalue weighted by Crippen LogP contribution is 2.24. The molecule has 0 aliphatic heterocycles. The molecule has 4 rings (SSSR count). The van der Waals surface area contributed by atoms with Gasteiger partial charge in [-0.05, 0) is 66.7 Å². The van der Waals surface area contributed by atoms with Gasteiger partial charge in [-0.3, -0.25) is 4.79 Å². The molecule has 4 aromatic rings. The van der Waals surface area contributed by atoms with E-state index in [0.29, 0.717) is 21.8 Å². The van der Waals surface area contributed by atoms with Crippen LogP contribution in [-0.4, -0.2) is 29.0 Å². The van der Waals surface area contributed by atoms with Gasteiger partial charge in [0.25, 0.3) is 5.91 Å². The molecule has 7 heteroatoms. The van der Waals surface area contributed by atoms with Crippen LogP contribution < -0.4 is 5.32 Å². The van der Waals surface area contributed by atoms with E-state index in [0.717, 1.165) is 22.4 Å². The van der Waals surface area contributed by atoms with E-state index in [2.05, 4.69) is 20.0 Å². The van der Waals surface area contributed by atoms with Gasteiger partial charge in [0.05, 0.1) is 23.7 Å². The van der Waals surface area contributed by atoms with Crippen molar-refractivity contribution in [3.05, 3.63) is 82.9 Å². The van der Waals surface area contributed by atoms with Crippen LogP contribution in [0.4, 0.5) is 5.69 Å². The lowest BCUT2D eigenvalue weighted by molar-refractivity contribution is 0.0600. The second-order valence-electron chi connectivity index (χ2n) is 6.35. The van der Waals surface area contributed by atoms with Gasteiger partial charge < -0.3 is 15.0 Å². The van der Waals surface area contributed by atoms with Crippen molar-refractivity contribution in [3.8, 4) is 11.4 Å². The first-order chi connectivity index (χ1) is 14.0. The van der Waals surface area contributed by atoms with Crippen LogP contribution in [0.15, 0.2) is 66.7 Å². The summed E-state index contributed by atoms with van der Waals surface area (Å²) in [6, 6.07) is 19.1. The molecule has 0 aliphatic carbocycles. The topological polar surface area (TPSA) is 84.1 Å². The summed E-state index contributed by atoms with van der Waals surface area (Å²) in [5, 5.41) is 3.50. The molecule has 6 nitrogen and oxygen atoms in total. The molecule has 0 atom stereocenters. The largest absolute Gasteiger partial charge is 0.465 e. The number of ether oxygens (including phenoxy) is 1. The quantitative estimate of drug-likeness (QED) is 0.472. The summed E-state index contributed by atoms with van der Waals surface area (Å²) in [5.41, 5.74) is 3.94. The summed E-state index contributed by atoms with van der Waals surface area (Å²) in [7, 11) is 1.31. The molecule has 1 amide bonds. The maximum Gasteiger partial charge on any atom is 0.337 e. The first-order valence-electron chi connectivity index (χ1n) is 8.79. The zero-order chi connectivity index (χ0) is 20.4. The number of methoxy groups -OCH3 is 1. The van der Waals surface area contributed by atoms with Crippen LogP contribution in [0.1, 0.15) is 20.7 Å². The van der Waals surface area contributed by atoms with Crippen molar-refractivity contribution in [1.82, 2.24) is 9.97 Å². The van der Waals surface area contributed by atoms with Crippen molar-refractivity contribution in [2.75, 3.05) is 12.4 Å². The fraction of sp³-hybridized carbons (Fsp3) is 0.0455. The molecule has 0 bridgehead atoms. The average Bonchev–Trinajstić information content (AvgIpc) is 3.17. The number of halogens is 1. The predicted molar refractivity (Wildman–Crippen MR) is 112 cm³/mol. The Morgan fingerprint density at radius 2 is 1.66 bits per heavy atom. The second kappa shape index (κ2) is 7.77. The summed E-state index contributed by atoms with van der Waals surface area (Å²) in [6.07, 6.45) is 0. The van der Waals surface area contributed by atoms with Crippen molar-refractivity contribution < 1.29 is 14.3 Å². The van der Waals surface area contributed by atoms with Gasteiger partial charge in [0.15, 0.2) is 0 Å². The predicted octanol–water partition coefficient (Wildman–Crippen LogP) is 4.92. The van der Waals surface area contributed by atoms with Gasteiger partial charge in [-0.2, -0.15) is 0 Å². The van der Waals surface area contributed by atoms with Gasteiger partial charge in [-0.15, -0.1) is 0 Å². The molecule has 0 spiro atoms. The Hall–Kier alpha value is -3.64. The molecule has 1 aromatic heterocycles. The second-order valence-corrected chi connectivity index (χ2v) is 6.78. The number of rotatable bonds is 4. The number of amides is 1. The molecule has 0 unspecified atom stereocenters. The molecule has 3 aromatic carbocycles. The maximum absolute atomic E-state index is 12.5. The van der Waals surface area contributed by atoms with Crippen molar-refractivity contribution in [1.29, 1.82) is 0 Å². The van der Waals surface area contributed by atoms with E-state index < -0.39 is 5.97 Å². The number of nitrogens with zero attached hydrogens (tertiary/aromatic N) is 1. The summed E-state index contributed by atoms with van der Waals surface area (Å²) in [6.45, 7) is 0. The Morgan fingerprint density at radius 3 is 2.34 bits per heavy atom. The minimum absolute atomic E-state index is 0.283. The number of H-pyrrole nitrogens is 1. The van der Waals surface area contributed by atoms with Gasteiger partial charge in [0, 0.05) is 21.8 Å². The molecule has 1 heterocycles. The Balaban J connectivity index is 1.54. The van der Waals surface area contributed by atoms with Crippen LogP contribution in [-0.2, 0) is 4.74 Å². The highest BCUT2D eigenvalue weighted by molar-refractivity contribution is 6.30. The van der Waals surface area contributed by atoms with E-state index in [-0.39, 0.29) is 5.91 Å². The number of hydrogen-bond acceptors (Lipinski definition) is 4. The highest BCUT2D eigenvalue weighted by atomic mass is 35.5. The van der Waals surface area contributed by atoms with E-state index in [1.54, 1.807) is 48.5 Å². The molecule has 2 N–H and O–H groups in total. The normalized spacial score (nSPS) is 10.7. The highest BCUT2D eigenvalue weighted by Gasteiger charge is 2.11. The summed E-state index contributed by atoms with van der Waals surface area (Å²) < 4.78 is 4.66. The van der Waals surface area contributed by atoms with E-state index in [1.165, 1.54) is 7.11 Å². The summed E-state index contributed by atoms with van der Waals surface area (Å²) >= 11 is 5.94. The van der Waals surface area contributed by atoms with Crippen molar-refractivity contribution in [2.24, 2.45) is 0 Å². The molecular weight excluding hydrogens is 390 g/mol. The smallest absolute Gasteiger partial charge is 0.337 e. The minimum atomic E-state index is -0.447. The van der Waals surface area contributed by atoms with Crippen LogP contribution in [0, 0.1) is 0 Å². The lowest BCUT2D eigenvalue weighted by Gasteiger charge is -2.06. The van der Waals surface area contributed by atoms with Crippen molar-refractivity contribution >= 4 is 40.2 Å². The minimum Gasteiger partial charge on any atom is -0.465 e. The molecule has 0 fully saturated rings. The molecule has 0 saturated carbocycles. The third-order valence-electron chi connectivity index (χ3n) is 4.43. The number of fused-ring (bicyclic) bond motifs is 1. The number of hydrogen-bond donors (Lipinski definition) is 2. The number of aromatic amines is 1. The Bertz CT molecular complexity index is 1200. The standard InChI is InChI=1S/C22H16ClN3O3/c1-29-22(28)15-4-2-14(3-5-15)21(27)24-17-10-11-18-19(12-17)26-20(25-18)13-6-8-16(23)9-7-13/h2-12H,1H3,(H,24,27)(H,25,26). The fourth-order valence-electron chi connectivity index (χ4n) is 2.91. The van der Waals surface area contributed by atoms with Crippen molar-refractivity contribution in [3.63, 3.8) is 0 Å². The van der Waals surface area contributed by atoms with Gasteiger partial charge in [0.2, 0.25) is 0 Å². The van der Waals surface area contributed by atoms with Gasteiger partial charge in [-0.1, -0.05) is 11.6 Å². The molecule has 144 valence electrons. The zero-order valence-electron chi connectivity index (χ0n) is 15.4. The Morgan fingerprint density at radius 1 is 0.966 bits per heavy atom. The van der Waals surface area contributed by atoms with Crippen LogP contribution in [0.25, 0.3) is 22.4 Å². The van der Waals surface area contributed by atoms with Crippen LogP contribution in [0.3, 0.4) is 0 Å². The zero-order valence-corrected chi connectivity index (χ0v) is 16.2. The van der Waals surface area contributed by atoms with E-state index in [4.69, 9.17) is 11.6 Å². The Kier molecular flexibility index (Phi) is 5.01. The summed E-state index contributed by atoms with van der Waals surface area (Å²) in [4.78, 5) is 31.8. The SMILES string of the molecule is COC(=O)c1ccc(C(=O)Nc2ccc3[nH]c(-c4ccc(Cl)cc4)nc3c2)cc1. The molecular formula is C22H16ClN3O3. The van der Waals surface area contributed by atoms with Gasteiger partial charge in [-0.25, -0.2) is 9.78 Å². The third-order valence-corrected chi connectivity index (χ3v) is 4.68. The van der Waals surface area contributed by atoms with E-state index in [1.807, 2.05) is 18.2 Å². The Labute approximate surface area is 171 Å². The van der Waals surface area contributed by atoms with Crippen LogP contribution >= 0.6 is 11.6 Å². The van der Waals surface area contributed by atoms with E-state index in [9.17, 15) is 9.59 Å². The molecule has 0 radical (unpaired) electrons. The lowest BCUT2D eigenvalue weighted by Crippen LogP contribution is -2.12. The fourth-order valence-corrected chi connectivity index (χ4v) is 3.03. The van der Waals surface area contributed by atoms with Gasteiger partial charge >= 0.3 is 5.97 Å². The lowest BCUT2D eigenvalue weighted by atomic mass is 10.1. The van der Waals surface area contributed by atoms with Crippen LogP contribution in [0.2, 0.25) is 5.02 Å².